The number of likely N-dealkylation sites (tertiary alicyclic amines) is 1. The smallest absolute Gasteiger partial charge is 0.410 e. The van der Waals surface area contributed by atoms with Crippen molar-refractivity contribution in [3.63, 3.8) is 0 Å². The van der Waals surface area contributed by atoms with Crippen molar-refractivity contribution >= 4 is 23.5 Å². The van der Waals surface area contributed by atoms with Crippen molar-refractivity contribution < 1.29 is 9.53 Å². The second-order valence-corrected chi connectivity index (χ2v) is 9.46. The van der Waals surface area contributed by atoms with Crippen molar-refractivity contribution in [2.75, 3.05) is 25.0 Å². The van der Waals surface area contributed by atoms with E-state index in [2.05, 4.69) is 15.5 Å². The topological polar surface area (TPSA) is 67.3 Å². The Morgan fingerprint density at radius 1 is 1.36 bits per heavy atom. The molecule has 1 N–H and O–H groups in total. The molecule has 6 nitrogen and oxygen atoms in total. The highest BCUT2D eigenvalue weighted by Crippen LogP contribution is 2.73. The highest BCUT2D eigenvalue weighted by atomic mass is 35.5. The molecule has 1 atom stereocenters. The van der Waals surface area contributed by atoms with Gasteiger partial charge in [0.2, 0.25) is 0 Å². The predicted octanol–water partition coefficient (Wildman–Crippen LogP) is 3.58. The molecule has 3 fully saturated rings. The fraction of sp³-hybridized carbons (Fsp3) is 0.722. The van der Waals surface area contributed by atoms with Crippen LogP contribution in [0.1, 0.15) is 40.0 Å². The molecule has 0 aromatic carbocycles. The number of hydrogen-bond donors (Lipinski definition) is 1. The number of ether oxygens (including phenoxy) is 1. The Balaban J connectivity index is 1.20. The number of rotatable bonds is 3. The minimum atomic E-state index is -0.418. The predicted molar refractivity (Wildman–Crippen MR) is 95.5 cm³/mol. The van der Waals surface area contributed by atoms with E-state index in [1.165, 1.54) is 19.3 Å². The third kappa shape index (κ3) is 3.28. The van der Waals surface area contributed by atoms with E-state index >= 15 is 0 Å². The molecule has 2 spiro atoms. The summed E-state index contributed by atoms with van der Waals surface area (Å²) in [5.74, 6) is 1.48. The highest BCUT2D eigenvalue weighted by Gasteiger charge is 2.70. The van der Waals surface area contributed by atoms with E-state index in [1.807, 2.05) is 31.7 Å². The van der Waals surface area contributed by atoms with Crippen molar-refractivity contribution in [1.29, 1.82) is 0 Å². The van der Waals surface area contributed by atoms with Crippen molar-refractivity contribution in [3.8, 4) is 0 Å². The number of nitrogens with zero attached hydrogens (tertiary/aromatic N) is 3. The Hall–Kier alpha value is -1.56. The molecule has 1 aliphatic heterocycles. The largest absolute Gasteiger partial charge is 0.444 e. The standard InChI is InChI=1S/C18H25ClN4O2/c1-16(2,3)25-15(24)23-10-17(11-23)8-18(9-17)6-12(18)7-20-14-5-4-13(19)21-22-14/h4-5,12H,6-11H2,1-3H3,(H,20,22). The molecule has 1 amide bonds. The fourth-order valence-corrected chi connectivity index (χ4v) is 4.78. The zero-order chi connectivity index (χ0) is 17.9. The van der Waals surface area contributed by atoms with Gasteiger partial charge in [-0.05, 0) is 63.5 Å². The zero-order valence-electron chi connectivity index (χ0n) is 15.0. The fourth-order valence-electron chi connectivity index (χ4n) is 4.68. The van der Waals surface area contributed by atoms with E-state index in [1.54, 1.807) is 6.07 Å². The van der Waals surface area contributed by atoms with Crippen LogP contribution >= 0.6 is 11.6 Å². The molecule has 2 aliphatic carbocycles. The molecule has 2 heterocycles. The molecule has 7 heteroatoms. The lowest BCUT2D eigenvalue weighted by molar-refractivity contribution is -0.108. The van der Waals surface area contributed by atoms with Crippen molar-refractivity contribution in [3.05, 3.63) is 17.3 Å². The lowest BCUT2D eigenvalue weighted by atomic mass is 9.55. The normalized spacial score (nSPS) is 25.3. The SMILES string of the molecule is CC(C)(C)OC(=O)N1CC2(C1)CC1(CC1CNc1ccc(Cl)nn1)C2. The summed E-state index contributed by atoms with van der Waals surface area (Å²) >= 11 is 5.75. The third-order valence-corrected chi connectivity index (χ3v) is 5.88. The van der Waals surface area contributed by atoms with Crippen LogP contribution in [0, 0.1) is 16.7 Å². The number of carbonyl (C=O) groups is 1. The summed E-state index contributed by atoms with van der Waals surface area (Å²) < 4.78 is 5.44. The number of carbonyl (C=O) groups excluding carboxylic acids is 1. The first kappa shape index (κ1) is 16.9. The molecule has 1 unspecified atom stereocenters. The van der Waals surface area contributed by atoms with Gasteiger partial charge < -0.3 is 15.0 Å². The van der Waals surface area contributed by atoms with Gasteiger partial charge >= 0.3 is 6.09 Å². The van der Waals surface area contributed by atoms with Crippen LogP contribution < -0.4 is 5.32 Å². The van der Waals surface area contributed by atoms with E-state index in [0.29, 0.717) is 21.9 Å². The minimum Gasteiger partial charge on any atom is -0.444 e. The van der Waals surface area contributed by atoms with Crippen LogP contribution in [0.25, 0.3) is 0 Å². The zero-order valence-corrected chi connectivity index (χ0v) is 15.8. The maximum Gasteiger partial charge on any atom is 0.410 e. The summed E-state index contributed by atoms with van der Waals surface area (Å²) in [6.07, 6.45) is 3.57. The van der Waals surface area contributed by atoms with Gasteiger partial charge in [-0.3, -0.25) is 0 Å². The average Bonchev–Trinajstić information content (AvgIpc) is 3.14. The second kappa shape index (κ2) is 5.47. The van der Waals surface area contributed by atoms with E-state index < -0.39 is 5.60 Å². The lowest BCUT2D eigenvalue weighted by Crippen LogP contribution is -2.65. The molecular formula is C18H25ClN4O2. The summed E-state index contributed by atoms with van der Waals surface area (Å²) in [7, 11) is 0. The summed E-state index contributed by atoms with van der Waals surface area (Å²) in [5, 5.41) is 11.6. The summed E-state index contributed by atoms with van der Waals surface area (Å²) in [6.45, 7) is 8.37. The van der Waals surface area contributed by atoms with Crippen molar-refractivity contribution in [1.82, 2.24) is 15.1 Å². The van der Waals surface area contributed by atoms with Gasteiger partial charge in [0, 0.05) is 25.0 Å². The first-order valence-electron chi connectivity index (χ1n) is 8.90. The number of aromatic nitrogens is 2. The molecule has 1 aromatic heterocycles. The number of hydrogen-bond acceptors (Lipinski definition) is 5. The Bertz CT molecular complexity index is 671. The van der Waals surface area contributed by atoms with Crippen LogP contribution in [0.5, 0.6) is 0 Å². The van der Waals surface area contributed by atoms with Crippen LogP contribution in [0.2, 0.25) is 5.15 Å². The van der Waals surface area contributed by atoms with E-state index in [0.717, 1.165) is 25.5 Å². The molecular weight excluding hydrogens is 340 g/mol. The average molecular weight is 365 g/mol. The molecule has 25 heavy (non-hydrogen) atoms. The molecule has 4 rings (SSSR count). The number of amides is 1. The molecule has 2 saturated carbocycles. The Kier molecular flexibility index (Phi) is 3.69. The monoisotopic (exact) mass is 364 g/mol. The molecule has 0 radical (unpaired) electrons. The Morgan fingerprint density at radius 3 is 2.68 bits per heavy atom. The van der Waals surface area contributed by atoms with Crippen LogP contribution in [-0.4, -0.2) is 46.4 Å². The molecule has 0 bridgehead atoms. The van der Waals surface area contributed by atoms with Gasteiger partial charge in [-0.25, -0.2) is 4.79 Å². The van der Waals surface area contributed by atoms with Crippen LogP contribution in [0.3, 0.4) is 0 Å². The quantitative estimate of drug-likeness (QED) is 0.887. The first-order chi connectivity index (χ1) is 11.7. The number of halogens is 1. The number of nitrogens with one attached hydrogen (secondary N) is 1. The highest BCUT2D eigenvalue weighted by molar-refractivity contribution is 6.29. The summed E-state index contributed by atoms with van der Waals surface area (Å²) in [5.41, 5.74) is 0.428. The van der Waals surface area contributed by atoms with Crippen LogP contribution in [0.4, 0.5) is 10.6 Å². The summed E-state index contributed by atoms with van der Waals surface area (Å²) in [4.78, 5) is 13.9. The van der Waals surface area contributed by atoms with E-state index in [-0.39, 0.29) is 6.09 Å². The van der Waals surface area contributed by atoms with Crippen molar-refractivity contribution in [2.45, 2.75) is 45.6 Å². The lowest BCUT2D eigenvalue weighted by Gasteiger charge is -2.60. The number of anilines is 1. The molecule has 1 aromatic rings. The van der Waals surface area contributed by atoms with Crippen molar-refractivity contribution in [2.24, 2.45) is 16.7 Å². The van der Waals surface area contributed by atoms with Gasteiger partial charge in [-0.1, -0.05) is 11.6 Å². The van der Waals surface area contributed by atoms with Gasteiger partial charge in [0.25, 0.3) is 0 Å². The summed E-state index contributed by atoms with van der Waals surface area (Å²) in [6, 6.07) is 3.61. The minimum absolute atomic E-state index is 0.172. The van der Waals surface area contributed by atoms with Gasteiger partial charge in [0.15, 0.2) is 5.15 Å². The Labute approximate surface area is 153 Å². The van der Waals surface area contributed by atoms with Gasteiger partial charge in [-0.15, -0.1) is 10.2 Å². The van der Waals surface area contributed by atoms with Crippen LogP contribution in [-0.2, 0) is 4.74 Å². The van der Waals surface area contributed by atoms with E-state index in [4.69, 9.17) is 16.3 Å². The molecule has 3 aliphatic rings. The van der Waals surface area contributed by atoms with E-state index in [9.17, 15) is 4.79 Å². The molecule has 1 saturated heterocycles. The Morgan fingerprint density at radius 2 is 2.08 bits per heavy atom. The second-order valence-electron chi connectivity index (χ2n) is 9.08. The maximum atomic E-state index is 12.1. The maximum absolute atomic E-state index is 12.1. The van der Waals surface area contributed by atoms with Gasteiger partial charge in [0.1, 0.15) is 11.4 Å². The molecule has 136 valence electrons. The van der Waals surface area contributed by atoms with Crippen LogP contribution in [0.15, 0.2) is 12.1 Å². The first-order valence-corrected chi connectivity index (χ1v) is 9.28. The third-order valence-electron chi connectivity index (χ3n) is 5.68. The van der Waals surface area contributed by atoms with Gasteiger partial charge in [-0.2, -0.15) is 0 Å². The van der Waals surface area contributed by atoms with Gasteiger partial charge in [0.05, 0.1) is 0 Å².